The summed E-state index contributed by atoms with van der Waals surface area (Å²) in [6.45, 7) is 1.53. The molecule has 100 valence electrons. The predicted molar refractivity (Wildman–Crippen MR) is 68.1 cm³/mol. The molecule has 1 atom stereocenters. The molecule has 1 fully saturated rings. The van der Waals surface area contributed by atoms with E-state index in [4.69, 9.17) is 0 Å². The van der Waals surface area contributed by atoms with Crippen LogP contribution in [0.15, 0.2) is 12.1 Å². The molecule has 8 heteroatoms. The molecule has 3 N–H and O–H groups in total. The van der Waals surface area contributed by atoms with Gasteiger partial charge in [-0.15, -0.1) is 12.4 Å². The maximum atomic E-state index is 11.6. The van der Waals surface area contributed by atoms with E-state index in [9.17, 15) is 14.9 Å². The third-order valence-electron chi connectivity index (χ3n) is 2.78. The Bertz CT molecular complexity index is 429. The first kappa shape index (κ1) is 14.5. The number of nitrogens with zero attached hydrogens (tertiary/aromatic N) is 1. The molecule has 0 bridgehead atoms. The summed E-state index contributed by atoms with van der Waals surface area (Å²) in [4.78, 5) is 24.0. The van der Waals surface area contributed by atoms with E-state index in [0.717, 1.165) is 19.4 Å². The number of nitro groups is 1. The number of halogens is 1. The lowest BCUT2D eigenvalue weighted by Gasteiger charge is -2.09. The molecule has 0 saturated carbocycles. The number of aromatic nitrogens is 1. The van der Waals surface area contributed by atoms with E-state index < -0.39 is 4.92 Å². The van der Waals surface area contributed by atoms with Gasteiger partial charge in [-0.25, -0.2) is 4.98 Å². The highest BCUT2D eigenvalue weighted by molar-refractivity contribution is 5.92. The molecule has 1 unspecified atom stereocenters. The maximum Gasteiger partial charge on any atom is 0.321 e. The number of carbonyl (C=O) groups is 1. The summed E-state index contributed by atoms with van der Waals surface area (Å²) >= 11 is 0. The van der Waals surface area contributed by atoms with Gasteiger partial charge < -0.3 is 20.7 Å². The van der Waals surface area contributed by atoms with Gasteiger partial charge in [-0.3, -0.25) is 4.79 Å². The number of amides is 1. The van der Waals surface area contributed by atoms with Crippen molar-refractivity contribution in [1.82, 2.24) is 15.6 Å². The second-order valence-electron chi connectivity index (χ2n) is 4.02. The zero-order chi connectivity index (χ0) is 12.3. The van der Waals surface area contributed by atoms with Crippen LogP contribution in [0.3, 0.4) is 0 Å². The molecule has 1 aliphatic rings. The molecule has 0 radical (unpaired) electrons. The number of nitrogens with one attached hydrogen (secondary N) is 3. The summed E-state index contributed by atoms with van der Waals surface area (Å²) in [7, 11) is 0. The van der Waals surface area contributed by atoms with Crippen molar-refractivity contribution in [3.8, 4) is 0 Å². The molecule has 0 spiro atoms. The Morgan fingerprint density at radius 1 is 1.56 bits per heavy atom. The normalized spacial score (nSPS) is 18.1. The molecule has 1 aromatic heterocycles. The molecule has 18 heavy (non-hydrogen) atoms. The van der Waals surface area contributed by atoms with E-state index >= 15 is 0 Å². The van der Waals surface area contributed by atoms with E-state index in [2.05, 4.69) is 15.6 Å². The van der Waals surface area contributed by atoms with Crippen LogP contribution in [0.25, 0.3) is 0 Å². The van der Waals surface area contributed by atoms with Crippen LogP contribution in [0.4, 0.5) is 5.82 Å². The fraction of sp³-hybridized carbons (Fsp3) is 0.500. The van der Waals surface area contributed by atoms with Crippen molar-refractivity contribution in [3.63, 3.8) is 0 Å². The summed E-state index contributed by atoms with van der Waals surface area (Å²) < 4.78 is 0. The first-order valence-corrected chi connectivity index (χ1v) is 5.52. The van der Waals surface area contributed by atoms with E-state index in [1.807, 2.05) is 0 Å². The highest BCUT2D eigenvalue weighted by atomic mass is 35.5. The molecule has 1 saturated heterocycles. The van der Waals surface area contributed by atoms with E-state index in [1.54, 1.807) is 0 Å². The van der Waals surface area contributed by atoms with Crippen LogP contribution < -0.4 is 10.6 Å². The van der Waals surface area contributed by atoms with Crippen LogP contribution in [-0.2, 0) is 0 Å². The topological polar surface area (TPSA) is 100 Å². The molecule has 7 nitrogen and oxygen atoms in total. The van der Waals surface area contributed by atoms with Gasteiger partial charge in [0.2, 0.25) is 0 Å². The predicted octanol–water partition coefficient (Wildman–Crippen LogP) is 0.826. The molecule has 0 aliphatic carbocycles. The zero-order valence-electron chi connectivity index (χ0n) is 9.64. The van der Waals surface area contributed by atoms with Crippen molar-refractivity contribution in [2.45, 2.75) is 18.9 Å². The van der Waals surface area contributed by atoms with Crippen LogP contribution in [0.1, 0.15) is 23.3 Å². The zero-order valence-corrected chi connectivity index (χ0v) is 10.5. The monoisotopic (exact) mass is 274 g/mol. The van der Waals surface area contributed by atoms with Gasteiger partial charge in [0.25, 0.3) is 5.91 Å². The Morgan fingerprint density at radius 3 is 2.89 bits per heavy atom. The van der Waals surface area contributed by atoms with Gasteiger partial charge in [0.05, 0.1) is 0 Å². The lowest BCUT2D eigenvalue weighted by Crippen LogP contribution is -2.37. The molecule has 1 aromatic rings. The number of rotatable bonds is 4. The van der Waals surface area contributed by atoms with Crippen molar-refractivity contribution in [2.75, 3.05) is 13.1 Å². The summed E-state index contributed by atoms with van der Waals surface area (Å²) in [5.74, 6) is -0.485. The Morgan fingerprint density at radius 2 is 2.33 bits per heavy atom. The second kappa shape index (κ2) is 6.36. The van der Waals surface area contributed by atoms with Crippen LogP contribution in [0, 0.1) is 10.1 Å². The number of H-pyrrole nitrogens is 1. The van der Waals surface area contributed by atoms with Crippen LogP contribution >= 0.6 is 12.4 Å². The Balaban J connectivity index is 0.00000162. The standard InChI is InChI=1S/C10H14N4O3.ClH/c15-10(12-6-7-2-1-5-11-7)8-3-4-9(13-8)14(16)17;/h3-4,7,11,13H,1-2,5-6H2,(H,12,15);1H. The fourth-order valence-corrected chi connectivity index (χ4v) is 1.86. The molecule has 1 aliphatic heterocycles. The molecular weight excluding hydrogens is 260 g/mol. The average molecular weight is 275 g/mol. The lowest BCUT2D eigenvalue weighted by molar-refractivity contribution is -0.389. The summed E-state index contributed by atoms with van der Waals surface area (Å²) in [6, 6.07) is 3.00. The minimum atomic E-state index is -0.560. The van der Waals surface area contributed by atoms with E-state index in [-0.39, 0.29) is 29.8 Å². The molecule has 2 rings (SSSR count). The summed E-state index contributed by atoms with van der Waals surface area (Å²) in [5, 5.41) is 16.4. The minimum absolute atomic E-state index is 0. The van der Waals surface area contributed by atoms with Gasteiger partial charge in [-0.2, -0.15) is 0 Å². The van der Waals surface area contributed by atoms with Crippen molar-refractivity contribution in [3.05, 3.63) is 27.9 Å². The second-order valence-corrected chi connectivity index (χ2v) is 4.02. The third-order valence-corrected chi connectivity index (χ3v) is 2.78. The molecular formula is C10H15ClN4O3. The number of hydrogen-bond acceptors (Lipinski definition) is 4. The van der Waals surface area contributed by atoms with E-state index in [1.165, 1.54) is 12.1 Å². The van der Waals surface area contributed by atoms with Gasteiger partial charge in [0.1, 0.15) is 0 Å². The first-order chi connectivity index (χ1) is 8.16. The summed E-state index contributed by atoms with van der Waals surface area (Å²) in [5.41, 5.74) is 0.217. The third kappa shape index (κ3) is 3.44. The van der Waals surface area contributed by atoms with Gasteiger partial charge in [0, 0.05) is 18.7 Å². The Labute approximate surface area is 110 Å². The van der Waals surface area contributed by atoms with Crippen LogP contribution in [0.2, 0.25) is 0 Å². The number of carbonyl (C=O) groups excluding carboxylic acids is 1. The fourth-order valence-electron chi connectivity index (χ4n) is 1.86. The van der Waals surface area contributed by atoms with Crippen LogP contribution in [-0.4, -0.2) is 34.9 Å². The Hall–Kier alpha value is -1.60. The van der Waals surface area contributed by atoms with Gasteiger partial charge in [-0.05, 0) is 30.4 Å². The first-order valence-electron chi connectivity index (χ1n) is 5.52. The Kier molecular flexibility index (Phi) is 5.11. The maximum absolute atomic E-state index is 11.6. The van der Waals surface area contributed by atoms with Crippen molar-refractivity contribution in [2.24, 2.45) is 0 Å². The number of aromatic amines is 1. The average Bonchev–Trinajstić information content (AvgIpc) is 2.96. The van der Waals surface area contributed by atoms with Crippen molar-refractivity contribution < 1.29 is 9.72 Å². The highest BCUT2D eigenvalue weighted by Gasteiger charge is 2.18. The minimum Gasteiger partial charge on any atom is -0.358 e. The van der Waals surface area contributed by atoms with Crippen molar-refractivity contribution >= 4 is 24.1 Å². The van der Waals surface area contributed by atoms with Gasteiger partial charge in [0.15, 0.2) is 5.69 Å². The van der Waals surface area contributed by atoms with Gasteiger partial charge in [-0.1, -0.05) is 0 Å². The smallest absolute Gasteiger partial charge is 0.321 e. The van der Waals surface area contributed by atoms with Crippen LogP contribution in [0.5, 0.6) is 0 Å². The molecule has 2 heterocycles. The van der Waals surface area contributed by atoms with Crippen molar-refractivity contribution in [1.29, 1.82) is 0 Å². The SMILES string of the molecule is Cl.O=C(NCC1CCCN1)c1ccc([N+](=O)[O-])[nH]1. The quantitative estimate of drug-likeness (QED) is 0.559. The highest BCUT2D eigenvalue weighted by Crippen LogP contribution is 2.10. The molecule has 0 aromatic carbocycles. The molecule has 1 amide bonds. The lowest BCUT2D eigenvalue weighted by atomic mass is 10.2. The summed E-state index contributed by atoms with van der Waals surface area (Å²) in [6.07, 6.45) is 2.17. The van der Waals surface area contributed by atoms with E-state index in [0.29, 0.717) is 12.6 Å². The van der Waals surface area contributed by atoms with Gasteiger partial charge >= 0.3 is 5.82 Å². The largest absolute Gasteiger partial charge is 0.358 e. The number of hydrogen-bond donors (Lipinski definition) is 3.